The molecule has 0 aliphatic carbocycles. The summed E-state index contributed by atoms with van der Waals surface area (Å²) >= 11 is 0. The first-order valence-electron chi connectivity index (χ1n) is 5.74. The van der Waals surface area contributed by atoms with Gasteiger partial charge in [0.15, 0.2) is 0 Å². The number of nitrogens with one attached hydrogen (secondary N) is 1. The summed E-state index contributed by atoms with van der Waals surface area (Å²) in [6, 6.07) is 6.45. The predicted molar refractivity (Wildman–Crippen MR) is 73.1 cm³/mol. The van der Waals surface area contributed by atoms with Crippen LogP contribution in [0.1, 0.15) is 18.5 Å². The molecule has 0 saturated carbocycles. The lowest BCUT2D eigenvalue weighted by Gasteiger charge is -2.14. The van der Waals surface area contributed by atoms with E-state index < -0.39 is 10.0 Å². The number of rotatable bonds is 4. The molecule has 102 valence electrons. The van der Waals surface area contributed by atoms with Crippen molar-refractivity contribution in [1.82, 2.24) is 9.78 Å². The number of primary sulfonamides is 1. The van der Waals surface area contributed by atoms with E-state index in [9.17, 15) is 8.42 Å². The minimum Gasteiger partial charge on any atom is -0.378 e. The van der Waals surface area contributed by atoms with Gasteiger partial charge in [-0.25, -0.2) is 13.6 Å². The topological polar surface area (TPSA) is 90.0 Å². The van der Waals surface area contributed by atoms with Crippen LogP contribution in [0, 0.1) is 0 Å². The van der Waals surface area contributed by atoms with Crippen LogP contribution in [-0.4, -0.2) is 18.2 Å². The van der Waals surface area contributed by atoms with E-state index in [1.54, 1.807) is 23.0 Å². The van der Waals surface area contributed by atoms with Crippen molar-refractivity contribution in [3.05, 3.63) is 42.2 Å². The monoisotopic (exact) mass is 280 g/mol. The molecule has 1 aromatic heterocycles. The minimum atomic E-state index is -3.68. The van der Waals surface area contributed by atoms with E-state index in [0.717, 1.165) is 5.56 Å². The molecule has 0 spiro atoms. The molecule has 2 rings (SSSR count). The second-order valence-electron chi connectivity index (χ2n) is 4.39. The SMILES string of the molecule is CC(Nc1cccc(S(N)(=O)=O)c1)c1cnn(C)c1. The molecular weight excluding hydrogens is 264 g/mol. The normalized spacial score (nSPS) is 13.2. The zero-order valence-corrected chi connectivity index (χ0v) is 11.6. The molecule has 0 aliphatic heterocycles. The molecule has 0 radical (unpaired) electrons. The van der Waals surface area contributed by atoms with Crippen molar-refractivity contribution in [2.45, 2.75) is 17.9 Å². The highest BCUT2D eigenvalue weighted by Crippen LogP contribution is 2.20. The number of hydrogen-bond acceptors (Lipinski definition) is 4. The molecule has 0 saturated heterocycles. The number of hydrogen-bond donors (Lipinski definition) is 2. The Kier molecular flexibility index (Phi) is 3.59. The quantitative estimate of drug-likeness (QED) is 0.881. The number of sulfonamides is 1. The van der Waals surface area contributed by atoms with Gasteiger partial charge in [0.05, 0.1) is 17.1 Å². The second-order valence-corrected chi connectivity index (χ2v) is 5.95. The van der Waals surface area contributed by atoms with Crippen molar-refractivity contribution in [1.29, 1.82) is 0 Å². The van der Waals surface area contributed by atoms with Gasteiger partial charge in [0.25, 0.3) is 0 Å². The molecule has 7 heteroatoms. The van der Waals surface area contributed by atoms with E-state index in [2.05, 4.69) is 10.4 Å². The van der Waals surface area contributed by atoms with Crippen molar-refractivity contribution >= 4 is 15.7 Å². The molecule has 1 aromatic carbocycles. The fourth-order valence-electron chi connectivity index (χ4n) is 1.76. The summed E-state index contributed by atoms with van der Waals surface area (Å²) in [6.45, 7) is 1.97. The van der Waals surface area contributed by atoms with Crippen LogP contribution in [0.4, 0.5) is 5.69 Å². The predicted octanol–water partition coefficient (Wildman–Crippen LogP) is 1.24. The van der Waals surface area contributed by atoms with Crippen LogP contribution in [0.3, 0.4) is 0 Å². The van der Waals surface area contributed by atoms with Gasteiger partial charge < -0.3 is 5.32 Å². The lowest BCUT2D eigenvalue weighted by Crippen LogP contribution is -2.13. The van der Waals surface area contributed by atoms with Crippen molar-refractivity contribution in [2.24, 2.45) is 12.2 Å². The smallest absolute Gasteiger partial charge is 0.238 e. The molecular formula is C12H16N4O2S. The third-order valence-corrected chi connectivity index (χ3v) is 3.68. The van der Waals surface area contributed by atoms with E-state index in [1.807, 2.05) is 20.2 Å². The van der Waals surface area contributed by atoms with Crippen LogP contribution in [0.5, 0.6) is 0 Å². The molecule has 0 amide bonds. The zero-order chi connectivity index (χ0) is 14.0. The molecule has 1 unspecified atom stereocenters. The largest absolute Gasteiger partial charge is 0.378 e. The maximum absolute atomic E-state index is 11.3. The summed E-state index contributed by atoms with van der Waals surface area (Å²) in [7, 11) is -1.83. The summed E-state index contributed by atoms with van der Waals surface area (Å²) in [5.41, 5.74) is 1.71. The van der Waals surface area contributed by atoms with Gasteiger partial charge >= 0.3 is 0 Å². The Morgan fingerprint density at radius 2 is 2.16 bits per heavy atom. The molecule has 1 atom stereocenters. The third-order valence-electron chi connectivity index (χ3n) is 2.77. The van der Waals surface area contributed by atoms with E-state index in [0.29, 0.717) is 5.69 Å². The molecule has 0 aliphatic rings. The first kappa shape index (κ1) is 13.6. The number of anilines is 1. The van der Waals surface area contributed by atoms with Gasteiger partial charge in [-0.15, -0.1) is 0 Å². The highest BCUT2D eigenvalue weighted by Gasteiger charge is 2.11. The Morgan fingerprint density at radius 1 is 1.42 bits per heavy atom. The fourth-order valence-corrected chi connectivity index (χ4v) is 2.32. The average Bonchev–Trinajstić information content (AvgIpc) is 2.75. The number of aryl methyl sites for hydroxylation is 1. The Balaban J connectivity index is 2.20. The zero-order valence-electron chi connectivity index (χ0n) is 10.7. The third kappa shape index (κ3) is 3.33. The van der Waals surface area contributed by atoms with Crippen LogP contribution < -0.4 is 10.5 Å². The Bertz CT molecular complexity index is 679. The standard InChI is InChI=1S/C12H16N4O2S/c1-9(10-7-14-16(2)8-10)15-11-4-3-5-12(6-11)19(13,17)18/h3-9,15H,1-2H3,(H2,13,17,18). The minimum absolute atomic E-state index is 0.0180. The van der Waals surface area contributed by atoms with Crippen molar-refractivity contribution in [2.75, 3.05) is 5.32 Å². The number of benzene rings is 1. The van der Waals surface area contributed by atoms with Crippen LogP contribution in [0.15, 0.2) is 41.6 Å². The Labute approximate surface area is 112 Å². The van der Waals surface area contributed by atoms with Gasteiger partial charge in [0, 0.05) is 24.5 Å². The van der Waals surface area contributed by atoms with Crippen LogP contribution >= 0.6 is 0 Å². The summed E-state index contributed by atoms with van der Waals surface area (Å²) in [4.78, 5) is 0.0934. The van der Waals surface area contributed by atoms with E-state index in [4.69, 9.17) is 5.14 Å². The Morgan fingerprint density at radius 3 is 2.74 bits per heavy atom. The molecule has 6 nitrogen and oxygen atoms in total. The Hall–Kier alpha value is -1.86. The maximum Gasteiger partial charge on any atom is 0.238 e. The first-order valence-corrected chi connectivity index (χ1v) is 7.29. The summed E-state index contributed by atoms with van der Waals surface area (Å²) in [6.07, 6.45) is 3.67. The maximum atomic E-state index is 11.3. The van der Waals surface area contributed by atoms with Gasteiger partial charge in [-0.2, -0.15) is 5.10 Å². The molecule has 1 heterocycles. The van der Waals surface area contributed by atoms with Gasteiger partial charge in [0.1, 0.15) is 0 Å². The fraction of sp³-hybridized carbons (Fsp3) is 0.250. The molecule has 0 fully saturated rings. The lowest BCUT2D eigenvalue weighted by molar-refractivity contribution is 0.598. The first-order chi connectivity index (χ1) is 8.86. The van der Waals surface area contributed by atoms with Gasteiger partial charge in [-0.1, -0.05) is 6.07 Å². The average molecular weight is 280 g/mol. The van der Waals surface area contributed by atoms with Gasteiger partial charge in [-0.05, 0) is 25.1 Å². The van der Waals surface area contributed by atoms with E-state index >= 15 is 0 Å². The number of nitrogens with zero attached hydrogens (tertiary/aromatic N) is 2. The highest BCUT2D eigenvalue weighted by molar-refractivity contribution is 7.89. The van der Waals surface area contributed by atoms with Crippen LogP contribution in [0.25, 0.3) is 0 Å². The van der Waals surface area contributed by atoms with Gasteiger partial charge in [-0.3, -0.25) is 4.68 Å². The summed E-state index contributed by atoms with van der Waals surface area (Å²) in [5.74, 6) is 0. The molecule has 19 heavy (non-hydrogen) atoms. The van der Waals surface area contributed by atoms with Gasteiger partial charge in [0.2, 0.25) is 10.0 Å². The van der Waals surface area contributed by atoms with E-state index in [1.165, 1.54) is 12.1 Å². The number of aromatic nitrogens is 2. The molecule has 3 N–H and O–H groups in total. The molecule has 0 bridgehead atoms. The molecule has 2 aromatic rings. The van der Waals surface area contributed by atoms with Crippen molar-refractivity contribution in [3.8, 4) is 0 Å². The van der Waals surface area contributed by atoms with Crippen LogP contribution in [-0.2, 0) is 17.1 Å². The lowest BCUT2D eigenvalue weighted by atomic mass is 10.2. The second kappa shape index (κ2) is 5.02. The van der Waals surface area contributed by atoms with E-state index in [-0.39, 0.29) is 10.9 Å². The summed E-state index contributed by atoms with van der Waals surface area (Å²) in [5, 5.41) is 12.4. The van der Waals surface area contributed by atoms with Crippen LogP contribution in [0.2, 0.25) is 0 Å². The van der Waals surface area contributed by atoms with Crippen molar-refractivity contribution in [3.63, 3.8) is 0 Å². The highest BCUT2D eigenvalue weighted by atomic mass is 32.2. The van der Waals surface area contributed by atoms with Crippen molar-refractivity contribution < 1.29 is 8.42 Å². The number of nitrogens with two attached hydrogens (primary N) is 1. The summed E-state index contributed by atoms with van der Waals surface area (Å²) < 4.78 is 24.3.